The zero-order valence-electron chi connectivity index (χ0n) is 8.93. The van der Waals surface area contributed by atoms with Gasteiger partial charge in [0.1, 0.15) is 0 Å². The van der Waals surface area contributed by atoms with Gasteiger partial charge < -0.3 is 4.57 Å². The summed E-state index contributed by atoms with van der Waals surface area (Å²) in [4.78, 5) is 21.8. The number of aryl methyl sites for hydroxylation is 2. The summed E-state index contributed by atoms with van der Waals surface area (Å²) in [6.45, 7) is 1.82. The van der Waals surface area contributed by atoms with Gasteiger partial charge in [-0.05, 0) is 13.0 Å². The second kappa shape index (κ2) is 3.44. The van der Waals surface area contributed by atoms with Gasteiger partial charge in [0.2, 0.25) is 0 Å². The Bertz CT molecular complexity index is 643. The smallest absolute Gasteiger partial charge is 0.270 e. The number of hydrogen-bond acceptors (Lipinski definition) is 3. The van der Waals surface area contributed by atoms with Crippen LogP contribution in [0.3, 0.4) is 0 Å². The Morgan fingerprint density at radius 1 is 1.31 bits per heavy atom. The fourth-order valence-corrected chi connectivity index (χ4v) is 1.68. The van der Waals surface area contributed by atoms with Crippen LogP contribution in [0.2, 0.25) is 0 Å². The molecule has 0 saturated heterocycles. The van der Waals surface area contributed by atoms with E-state index in [0.717, 1.165) is 5.69 Å². The third kappa shape index (κ3) is 1.46. The molecule has 0 amide bonds. The van der Waals surface area contributed by atoms with Gasteiger partial charge in [-0.3, -0.25) is 14.9 Å². The van der Waals surface area contributed by atoms with Crippen molar-refractivity contribution in [2.45, 2.75) is 6.92 Å². The van der Waals surface area contributed by atoms with Gasteiger partial charge >= 0.3 is 0 Å². The second-order valence-electron chi connectivity index (χ2n) is 3.67. The third-order valence-electron chi connectivity index (χ3n) is 2.69. The molecule has 0 aliphatic carbocycles. The molecule has 2 rings (SSSR count). The van der Waals surface area contributed by atoms with Gasteiger partial charge in [-0.25, -0.2) is 0 Å². The van der Waals surface area contributed by atoms with Crippen LogP contribution in [0.1, 0.15) is 5.69 Å². The van der Waals surface area contributed by atoms with E-state index in [0.29, 0.717) is 10.9 Å². The predicted octanol–water partition coefficient (Wildman–Crippen LogP) is 1.76. The molecule has 0 fully saturated rings. The molecule has 0 unspecified atom stereocenters. The van der Waals surface area contributed by atoms with E-state index in [2.05, 4.69) is 0 Å². The van der Waals surface area contributed by atoms with Crippen LogP contribution in [0.15, 0.2) is 29.1 Å². The number of pyridine rings is 1. The Morgan fingerprint density at radius 2 is 2.00 bits per heavy atom. The van der Waals surface area contributed by atoms with Crippen LogP contribution in [-0.2, 0) is 7.05 Å². The highest BCUT2D eigenvalue weighted by Crippen LogP contribution is 2.18. The lowest BCUT2D eigenvalue weighted by molar-refractivity contribution is -0.384. The van der Waals surface area contributed by atoms with E-state index >= 15 is 0 Å². The molecule has 1 aromatic heterocycles. The highest BCUT2D eigenvalue weighted by Gasteiger charge is 2.10. The summed E-state index contributed by atoms with van der Waals surface area (Å²) in [6, 6.07) is 5.80. The largest absolute Gasteiger partial charge is 0.348 e. The molecule has 82 valence electrons. The fourth-order valence-electron chi connectivity index (χ4n) is 1.68. The summed E-state index contributed by atoms with van der Waals surface area (Å²) in [5, 5.41) is 11.0. The molecule has 0 bridgehead atoms. The molecule has 1 heterocycles. The Balaban J connectivity index is 2.90. The lowest BCUT2D eigenvalue weighted by atomic mass is 10.1. The van der Waals surface area contributed by atoms with Gasteiger partial charge in [-0.15, -0.1) is 0 Å². The fraction of sp³-hybridized carbons (Fsp3) is 0.182. The average molecular weight is 218 g/mol. The molecule has 0 N–H and O–H groups in total. The lowest BCUT2D eigenvalue weighted by Crippen LogP contribution is -2.09. The molecule has 16 heavy (non-hydrogen) atoms. The van der Waals surface area contributed by atoms with Gasteiger partial charge in [-0.2, -0.15) is 0 Å². The number of non-ortho nitro benzene ring substituents is 1. The molecule has 0 radical (unpaired) electrons. The van der Waals surface area contributed by atoms with Gasteiger partial charge in [0.15, 0.2) is 5.43 Å². The minimum atomic E-state index is -0.501. The number of fused-ring (bicyclic) bond motifs is 1. The highest BCUT2D eigenvalue weighted by molar-refractivity contribution is 5.81. The van der Waals surface area contributed by atoms with Crippen LogP contribution in [0.25, 0.3) is 10.9 Å². The maximum absolute atomic E-state index is 11.7. The molecule has 0 saturated carbocycles. The number of hydrogen-bond donors (Lipinski definition) is 0. The van der Waals surface area contributed by atoms with Gasteiger partial charge in [-0.1, -0.05) is 0 Å². The summed E-state index contributed by atoms with van der Waals surface area (Å²) in [5.74, 6) is 0. The summed E-state index contributed by atoms with van der Waals surface area (Å²) >= 11 is 0. The number of rotatable bonds is 1. The van der Waals surface area contributed by atoms with Gasteiger partial charge in [0.25, 0.3) is 5.69 Å². The van der Waals surface area contributed by atoms with Crippen molar-refractivity contribution >= 4 is 16.6 Å². The van der Waals surface area contributed by atoms with E-state index in [1.165, 1.54) is 18.2 Å². The zero-order chi connectivity index (χ0) is 11.9. The minimum absolute atomic E-state index is 0.0616. The van der Waals surface area contributed by atoms with E-state index in [4.69, 9.17) is 0 Å². The summed E-state index contributed by atoms with van der Waals surface area (Å²) in [7, 11) is 1.82. The van der Waals surface area contributed by atoms with E-state index < -0.39 is 4.92 Å². The Morgan fingerprint density at radius 3 is 2.62 bits per heavy atom. The van der Waals surface area contributed by atoms with Crippen LogP contribution >= 0.6 is 0 Å². The average Bonchev–Trinajstić information content (AvgIpc) is 2.25. The molecule has 5 nitrogen and oxygen atoms in total. The molecular formula is C11H10N2O3. The first-order chi connectivity index (χ1) is 7.50. The molecular weight excluding hydrogens is 208 g/mol. The maximum atomic E-state index is 11.7. The maximum Gasteiger partial charge on any atom is 0.270 e. The standard InChI is InChI=1S/C11H10N2O3/c1-7-5-11(14)9-6-8(13(15)16)3-4-10(9)12(7)2/h3-6H,1-2H3. The monoisotopic (exact) mass is 218 g/mol. The van der Waals surface area contributed by atoms with Crippen molar-refractivity contribution in [3.8, 4) is 0 Å². The van der Waals surface area contributed by atoms with Crippen molar-refractivity contribution < 1.29 is 4.92 Å². The topological polar surface area (TPSA) is 65.1 Å². The summed E-state index contributed by atoms with van der Waals surface area (Å²) < 4.78 is 1.83. The minimum Gasteiger partial charge on any atom is -0.348 e. The van der Waals surface area contributed by atoms with Crippen LogP contribution < -0.4 is 5.43 Å². The van der Waals surface area contributed by atoms with Crippen molar-refractivity contribution in [1.29, 1.82) is 0 Å². The van der Waals surface area contributed by atoms with Crippen molar-refractivity contribution in [3.05, 3.63) is 50.3 Å². The van der Waals surface area contributed by atoms with Crippen molar-refractivity contribution in [1.82, 2.24) is 4.57 Å². The Kier molecular flexibility index (Phi) is 2.23. The van der Waals surface area contributed by atoms with E-state index in [-0.39, 0.29) is 11.1 Å². The number of benzene rings is 1. The van der Waals surface area contributed by atoms with Crippen LogP contribution in [-0.4, -0.2) is 9.49 Å². The Labute approximate surface area is 91.1 Å². The van der Waals surface area contributed by atoms with Crippen LogP contribution in [0.5, 0.6) is 0 Å². The molecule has 5 heteroatoms. The quantitative estimate of drug-likeness (QED) is 0.541. The molecule has 0 aliphatic rings. The predicted molar refractivity (Wildman–Crippen MR) is 60.6 cm³/mol. The molecule has 0 spiro atoms. The first kappa shape index (κ1) is 10.4. The first-order valence-electron chi connectivity index (χ1n) is 4.75. The van der Waals surface area contributed by atoms with Crippen molar-refractivity contribution in [2.75, 3.05) is 0 Å². The van der Waals surface area contributed by atoms with Crippen LogP contribution in [0, 0.1) is 17.0 Å². The van der Waals surface area contributed by atoms with Crippen molar-refractivity contribution in [2.24, 2.45) is 7.05 Å². The van der Waals surface area contributed by atoms with Crippen molar-refractivity contribution in [3.63, 3.8) is 0 Å². The van der Waals surface area contributed by atoms with E-state index in [1.54, 1.807) is 6.07 Å². The lowest BCUT2D eigenvalue weighted by Gasteiger charge is -2.08. The normalized spacial score (nSPS) is 10.6. The number of nitro groups is 1. The highest BCUT2D eigenvalue weighted by atomic mass is 16.6. The third-order valence-corrected chi connectivity index (χ3v) is 2.69. The summed E-state index contributed by atoms with van der Waals surface area (Å²) in [6.07, 6.45) is 0. The van der Waals surface area contributed by atoms with E-state index in [9.17, 15) is 14.9 Å². The van der Waals surface area contributed by atoms with Gasteiger partial charge in [0.05, 0.1) is 15.8 Å². The number of nitro benzene ring substituents is 1. The Hall–Kier alpha value is -2.17. The van der Waals surface area contributed by atoms with Crippen LogP contribution in [0.4, 0.5) is 5.69 Å². The second-order valence-corrected chi connectivity index (χ2v) is 3.67. The SMILES string of the molecule is Cc1cc(=O)c2cc([N+](=O)[O-])ccc2n1C. The zero-order valence-corrected chi connectivity index (χ0v) is 8.93. The summed E-state index contributed by atoms with van der Waals surface area (Å²) in [5.41, 5.74) is 1.28. The van der Waals surface area contributed by atoms with E-state index in [1.807, 2.05) is 18.5 Å². The molecule has 2 aromatic rings. The first-order valence-corrected chi connectivity index (χ1v) is 4.75. The molecule has 0 atom stereocenters. The number of nitrogens with zero attached hydrogens (tertiary/aromatic N) is 2. The molecule has 0 aliphatic heterocycles. The number of aromatic nitrogens is 1. The molecule has 1 aromatic carbocycles. The van der Waals surface area contributed by atoms with Gasteiger partial charge in [0, 0.05) is 30.9 Å².